The molecule has 3 aliphatic heterocycles. The van der Waals surface area contributed by atoms with Crippen molar-refractivity contribution in [1.29, 1.82) is 0 Å². The second-order valence-corrected chi connectivity index (χ2v) is 11.6. The summed E-state index contributed by atoms with van der Waals surface area (Å²) in [7, 11) is 0. The molecule has 0 N–H and O–H groups in total. The van der Waals surface area contributed by atoms with Gasteiger partial charge >= 0.3 is 18.4 Å². The highest BCUT2D eigenvalue weighted by Crippen LogP contribution is 2.37. The third kappa shape index (κ3) is 7.56. The molecule has 9 nitrogen and oxygen atoms in total. The summed E-state index contributed by atoms with van der Waals surface area (Å²) in [5, 5.41) is 0. The van der Waals surface area contributed by atoms with E-state index in [2.05, 4.69) is 0 Å². The van der Waals surface area contributed by atoms with E-state index in [-0.39, 0.29) is 56.3 Å². The fourth-order valence-electron chi connectivity index (χ4n) is 6.16. The molecular weight excluding hydrogens is 622 g/mol. The zero-order valence-corrected chi connectivity index (χ0v) is 24.6. The molecule has 0 bridgehead atoms. The van der Waals surface area contributed by atoms with Crippen LogP contribution >= 0.6 is 0 Å². The molecule has 3 saturated heterocycles. The molecule has 3 heterocycles. The topological polar surface area (TPSA) is 90.5 Å². The van der Waals surface area contributed by atoms with Gasteiger partial charge in [-0.15, -0.1) is 0 Å². The van der Waals surface area contributed by atoms with Crippen molar-refractivity contribution in [2.75, 3.05) is 32.7 Å². The van der Waals surface area contributed by atoms with E-state index in [0.29, 0.717) is 38.1 Å². The lowest BCUT2D eigenvalue weighted by Gasteiger charge is -2.51. The number of likely N-dealkylation sites (tertiary alicyclic amines) is 1. The number of nitrogens with zero attached hydrogens (tertiary/aromatic N) is 4. The standard InChI is InChI=1S/C31H32F6N4O5/c32-30(33,34)22-12-21(13-23(15-22)31(35,36)37)19-46-29(45)41-24(14-20-6-2-1-3-7-20)16-27(43)40-18-28(44)39(17-25(40)41)11-5-10-38-9-4-8-26(38)42/h1-3,6-7,12-13,15,24-25H,4-5,8-11,14,16-19H2. The van der Waals surface area contributed by atoms with E-state index >= 15 is 0 Å². The minimum absolute atomic E-state index is 0.0113. The van der Waals surface area contributed by atoms with Gasteiger partial charge in [-0.1, -0.05) is 30.3 Å². The monoisotopic (exact) mass is 654 g/mol. The quantitative estimate of drug-likeness (QED) is 0.386. The van der Waals surface area contributed by atoms with Crippen LogP contribution in [0.4, 0.5) is 31.1 Å². The summed E-state index contributed by atoms with van der Waals surface area (Å²) in [5.41, 5.74) is -2.82. The molecule has 3 fully saturated rings. The summed E-state index contributed by atoms with van der Waals surface area (Å²) >= 11 is 0. The van der Waals surface area contributed by atoms with E-state index in [4.69, 9.17) is 4.74 Å². The lowest BCUT2D eigenvalue weighted by molar-refractivity contribution is -0.163. The van der Waals surface area contributed by atoms with E-state index in [1.54, 1.807) is 35.2 Å². The maximum Gasteiger partial charge on any atom is 0.416 e. The fourth-order valence-corrected chi connectivity index (χ4v) is 6.16. The molecule has 2 atom stereocenters. The number of rotatable bonds is 8. The van der Waals surface area contributed by atoms with Gasteiger partial charge in [0.2, 0.25) is 17.7 Å². The molecule has 2 aromatic rings. The van der Waals surface area contributed by atoms with Crippen LogP contribution in [0.5, 0.6) is 0 Å². The van der Waals surface area contributed by atoms with Crippen molar-refractivity contribution in [3.05, 3.63) is 70.8 Å². The van der Waals surface area contributed by atoms with E-state index in [1.807, 2.05) is 0 Å². The Morgan fingerprint density at radius 3 is 2.09 bits per heavy atom. The van der Waals surface area contributed by atoms with E-state index < -0.39 is 54.0 Å². The number of amides is 4. The number of alkyl halides is 6. The number of piperazine rings is 1. The lowest BCUT2D eigenvalue weighted by atomic mass is 9.96. The Bertz CT molecular complexity index is 1440. The maximum absolute atomic E-state index is 13.7. The van der Waals surface area contributed by atoms with Gasteiger partial charge in [0, 0.05) is 38.5 Å². The van der Waals surface area contributed by atoms with Gasteiger partial charge < -0.3 is 19.4 Å². The Morgan fingerprint density at radius 1 is 0.826 bits per heavy atom. The van der Waals surface area contributed by atoms with Crippen molar-refractivity contribution in [2.45, 2.75) is 63.3 Å². The minimum atomic E-state index is -5.07. The first-order valence-corrected chi connectivity index (χ1v) is 14.8. The van der Waals surface area contributed by atoms with Crippen LogP contribution in [0.1, 0.15) is 47.9 Å². The van der Waals surface area contributed by atoms with Gasteiger partial charge in [0.1, 0.15) is 19.3 Å². The van der Waals surface area contributed by atoms with E-state index in [9.17, 15) is 45.5 Å². The number of benzene rings is 2. The van der Waals surface area contributed by atoms with Crippen LogP contribution in [-0.4, -0.2) is 88.3 Å². The summed E-state index contributed by atoms with van der Waals surface area (Å²) in [6.07, 6.45) is -10.5. The predicted octanol–water partition coefficient (Wildman–Crippen LogP) is 4.69. The number of halogens is 6. The summed E-state index contributed by atoms with van der Waals surface area (Å²) in [6.45, 7) is 0.0205. The summed E-state index contributed by atoms with van der Waals surface area (Å²) in [6, 6.07) is 9.10. The third-order valence-electron chi connectivity index (χ3n) is 8.41. The highest BCUT2D eigenvalue weighted by molar-refractivity contribution is 5.88. The molecule has 248 valence electrons. The lowest BCUT2D eigenvalue weighted by Crippen LogP contribution is -2.70. The zero-order chi connectivity index (χ0) is 33.2. The summed E-state index contributed by atoms with van der Waals surface area (Å²) in [4.78, 5) is 57.6. The normalized spacial score (nSPS) is 20.8. The molecule has 3 aliphatic rings. The number of carbonyl (C=O) groups is 4. The Hall–Kier alpha value is -4.30. The number of ether oxygens (including phenoxy) is 1. The minimum Gasteiger partial charge on any atom is -0.444 e. The third-order valence-corrected chi connectivity index (χ3v) is 8.41. The van der Waals surface area contributed by atoms with Gasteiger partial charge in [-0.2, -0.15) is 26.3 Å². The highest BCUT2D eigenvalue weighted by atomic mass is 19.4. The Balaban J connectivity index is 1.38. The van der Waals surface area contributed by atoms with Gasteiger partial charge in [0.15, 0.2) is 0 Å². The molecular formula is C31H32F6N4O5. The highest BCUT2D eigenvalue weighted by Gasteiger charge is 2.48. The molecule has 46 heavy (non-hydrogen) atoms. The Labute approximate surface area is 260 Å². The second kappa shape index (κ2) is 13.2. The first-order valence-electron chi connectivity index (χ1n) is 14.8. The molecule has 0 radical (unpaired) electrons. The number of hydrogen-bond acceptors (Lipinski definition) is 5. The molecule has 0 aliphatic carbocycles. The van der Waals surface area contributed by atoms with Gasteiger partial charge in [-0.25, -0.2) is 4.79 Å². The van der Waals surface area contributed by atoms with Crippen molar-refractivity contribution in [3.8, 4) is 0 Å². The Kier molecular flexibility index (Phi) is 9.49. The fraction of sp³-hybridized carbons (Fsp3) is 0.484. The van der Waals surface area contributed by atoms with Crippen LogP contribution < -0.4 is 0 Å². The van der Waals surface area contributed by atoms with Gasteiger partial charge in [0.25, 0.3) is 0 Å². The van der Waals surface area contributed by atoms with Crippen LogP contribution in [0.25, 0.3) is 0 Å². The first kappa shape index (κ1) is 33.1. The molecule has 4 amide bonds. The van der Waals surface area contributed by atoms with Gasteiger partial charge in [-0.3, -0.25) is 19.3 Å². The largest absolute Gasteiger partial charge is 0.444 e. The maximum atomic E-state index is 13.7. The van der Waals surface area contributed by atoms with Crippen molar-refractivity contribution in [1.82, 2.24) is 19.6 Å². The molecule has 0 aromatic heterocycles. The van der Waals surface area contributed by atoms with E-state index in [0.717, 1.165) is 12.0 Å². The zero-order valence-electron chi connectivity index (χ0n) is 24.6. The SMILES string of the molecule is O=C1CCCN1CCCN1CC2N(CC1=O)C(=O)CC(Cc1ccccc1)N2C(=O)OCc1cc(C(F)(F)F)cc(C(F)(F)F)c1. The van der Waals surface area contributed by atoms with Crippen molar-refractivity contribution >= 4 is 23.8 Å². The van der Waals surface area contributed by atoms with Gasteiger partial charge in [-0.05, 0) is 48.6 Å². The van der Waals surface area contributed by atoms with Crippen LogP contribution in [0.15, 0.2) is 48.5 Å². The number of carbonyl (C=O) groups excluding carboxylic acids is 4. The molecule has 0 saturated carbocycles. The van der Waals surface area contributed by atoms with Crippen LogP contribution in [0, 0.1) is 0 Å². The second-order valence-electron chi connectivity index (χ2n) is 11.6. The number of hydrogen-bond donors (Lipinski definition) is 0. The average Bonchev–Trinajstić information content (AvgIpc) is 3.40. The van der Waals surface area contributed by atoms with Crippen molar-refractivity contribution < 1.29 is 50.3 Å². The smallest absolute Gasteiger partial charge is 0.416 e. The van der Waals surface area contributed by atoms with Crippen LogP contribution in [-0.2, 0) is 44.5 Å². The van der Waals surface area contributed by atoms with Crippen LogP contribution in [0.3, 0.4) is 0 Å². The Morgan fingerprint density at radius 2 is 1.48 bits per heavy atom. The number of fused-ring (bicyclic) bond motifs is 1. The van der Waals surface area contributed by atoms with E-state index in [1.165, 1.54) is 14.7 Å². The molecule has 2 unspecified atom stereocenters. The summed E-state index contributed by atoms with van der Waals surface area (Å²) in [5.74, 6) is -0.691. The molecule has 0 spiro atoms. The first-order chi connectivity index (χ1) is 21.7. The van der Waals surface area contributed by atoms with Crippen molar-refractivity contribution in [2.24, 2.45) is 0 Å². The van der Waals surface area contributed by atoms with Crippen molar-refractivity contribution in [3.63, 3.8) is 0 Å². The molecule has 15 heteroatoms. The van der Waals surface area contributed by atoms with Gasteiger partial charge in [0.05, 0.1) is 17.7 Å². The van der Waals surface area contributed by atoms with Crippen LogP contribution in [0.2, 0.25) is 0 Å². The summed E-state index contributed by atoms with van der Waals surface area (Å²) < 4.78 is 85.7. The average molecular weight is 655 g/mol. The predicted molar refractivity (Wildman–Crippen MR) is 150 cm³/mol. The molecule has 5 rings (SSSR count). The molecule has 2 aromatic carbocycles.